The predicted molar refractivity (Wildman–Crippen MR) is 88.4 cm³/mol. The Hall–Kier alpha value is -2.40. The Morgan fingerprint density at radius 1 is 1.00 bits per heavy atom. The predicted octanol–water partition coefficient (Wildman–Crippen LogP) is 4.31. The third-order valence-corrected chi connectivity index (χ3v) is 3.33. The Morgan fingerprint density at radius 3 is 2.23 bits per heavy atom. The van der Waals surface area contributed by atoms with E-state index in [0.29, 0.717) is 27.9 Å². The van der Waals surface area contributed by atoms with E-state index in [2.05, 4.69) is 10.6 Å². The van der Waals surface area contributed by atoms with Crippen molar-refractivity contribution in [3.63, 3.8) is 0 Å². The summed E-state index contributed by atoms with van der Waals surface area (Å²) in [5, 5.41) is 5.86. The number of carbonyl (C=O) groups is 1. The summed E-state index contributed by atoms with van der Waals surface area (Å²) < 4.78 is 10.3. The van der Waals surface area contributed by atoms with Crippen molar-refractivity contribution in [3.8, 4) is 11.5 Å². The number of amides is 2. The van der Waals surface area contributed by atoms with Gasteiger partial charge in [-0.15, -0.1) is 0 Å². The minimum Gasteiger partial charge on any atom is -0.495 e. The summed E-state index contributed by atoms with van der Waals surface area (Å²) in [4.78, 5) is 12.1. The fourth-order valence-corrected chi connectivity index (χ4v) is 2.11. The topological polar surface area (TPSA) is 59.6 Å². The molecule has 0 radical (unpaired) electrons. The first-order chi connectivity index (χ1) is 10.5. The Morgan fingerprint density at radius 2 is 1.64 bits per heavy atom. The SMILES string of the molecule is COc1cc(NC(=O)Nc2ccc(C)cc2)c(OC)cc1Cl. The number of hydrogen-bond donors (Lipinski definition) is 2. The van der Waals surface area contributed by atoms with Crippen molar-refractivity contribution in [1.82, 2.24) is 0 Å². The molecule has 2 aromatic rings. The fraction of sp³-hybridized carbons (Fsp3) is 0.188. The van der Waals surface area contributed by atoms with Crippen LogP contribution in [-0.4, -0.2) is 20.3 Å². The lowest BCUT2D eigenvalue weighted by molar-refractivity contribution is 0.262. The van der Waals surface area contributed by atoms with Crippen LogP contribution in [0.15, 0.2) is 36.4 Å². The molecular formula is C16H17ClN2O3. The van der Waals surface area contributed by atoms with Crippen molar-refractivity contribution in [1.29, 1.82) is 0 Å². The number of methoxy groups -OCH3 is 2. The highest BCUT2D eigenvalue weighted by atomic mass is 35.5. The molecule has 0 unspecified atom stereocenters. The van der Waals surface area contributed by atoms with Crippen molar-refractivity contribution < 1.29 is 14.3 Å². The molecule has 0 aromatic heterocycles. The lowest BCUT2D eigenvalue weighted by Gasteiger charge is -2.13. The summed E-state index contributed by atoms with van der Waals surface area (Å²) in [6.45, 7) is 1.98. The van der Waals surface area contributed by atoms with E-state index in [9.17, 15) is 4.79 Å². The van der Waals surface area contributed by atoms with Crippen molar-refractivity contribution in [2.45, 2.75) is 6.92 Å². The van der Waals surface area contributed by atoms with E-state index in [1.54, 1.807) is 12.1 Å². The van der Waals surface area contributed by atoms with Crippen molar-refractivity contribution in [2.75, 3.05) is 24.9 Å². The van der Waals surface area contributed by atoms with E-state index in [1.165, 1.54) is 14.2 Å². The highest BCUT2D eigenvalue weighted by Gasteiger charge is 2.12. The second kappa shape index (κ2) is 7.04. The lowest BCUT2D eigenvalue weighted by Crippen LogP contribution is -2.19. The van der Waals surface area contributed by atoms with Crippen molar-refractivity contribution in [3.05, 3.63) is 47.0 Å². The first-order valence-electron chi connectivity index (χ1n) is 6.59. The third-order valence-electron chi connectivity index (χ3n) is 3.03. The molecule has 0 aliphatic rings. The second-order valence-electron chi connectivity index (χ2n) is 4.63. The van der Waals surface area contributed by atoms with Gasteiger partial charge in [-0.25, -0.2) is 4.79 Å². The first-order valence-corrected chi connectivity index (χ1v) is 6.97. The zero-order chi connectivity index (χ0) is 16.1. The van der Waals surface area contributed by atoms with E-state index < -0.39 is 0 Å². The van der Waals surface area contributed by atoms with Crippen LogP contribution in [0.4, 0.5) is 16.2 Å². The molecule has 0 saturated heterocycles. The van der Waals surface area contributed by atoms with E-state index in [4.69, 9.17) is 21.1 Å². The van der Waals surface area contributed by atoms with Gasteiger partial charge >= 0.3 is 6.03 Å². The zero-order valence-corrected chi connectivity index (χ0v) is 13.3. The number of carbonyl (C=O) groups excluding carboxylic acids is 1. The number of benzene rings is 2. The van der Waals surface area contributed by atoms with E-state index in [1.807, 2.05) is 31.2 Å². The normalized spacial score (nSPS) is 10.0. The standard InChI is InChI=1S/C16H17ClN2O3/c1-10-4-6-11(7-5-10)18-16(20)19-13-9-14(21-2)12(17)8-15(13)22-3/h4-9H,1-3H3,(H2,18,19,20). The molecule has 0 saturated carbocycles. The van der Waals surface area contributed by atoms with Crippen LogP contribution in [0, 0.1) is 6.92 Å². The number of nitrogens with one attached hydrogen (secondary N) is 2. The summed E-state index contributed by atoms with van der Waals surface area (Å²) in [7, 11) is 3.00. The molecule has 2 amide bonds. The molecule has 0 fully saturated rings. The van der Waals surface area contributed by atoms with Crippen LogP contribution in [0.1, 0.15) is 5.56 Å². The number of aryl methyl sites for hydroxylation is 1. The molecule has 0 heterocycles. The van der Waals surface area contributed by atoms with Crippen molar-refractivity contribution >= 4 is 29.0 Å². The Labute approximate surface area is 134 Å². The minimum absolute atomic E-state index is 0.383. The Bertz CT molecular complexity index is 672. The molecule has 2 aromatic carbocycles. The number of halogens is 1. The average molecular weight is 321 g/mol. The summed E-state index contributed by atoms with van der Waals surface area (Å²) >= 11 is 6.03. The fourth-order valence-electron chi connectivity index (χ4n) is 1.88. The molecule has 5 nitrogen and oxygen atoms in total. The van der Waals surface area contributed by atoms with E-state index >= 15 is 0 Å². The molecule has 6 heteroatoms. The molecule has 0 bridgehead atoms. The van der Waals surface area contributed by atoms with Crippen LogP contribution in [0.2, 0.25) is 5.02 Å². The van der Waals surface area contributed by atoms with Crippen LogP contribution < -0.4 is 20.1 Å². The van der Waals surface area contributed by atoms with Crippen LogP contribution in [0.25, 0.3) is 0 Å². The molecule has 2 N–H and O–H groups in total. The molecule has 0 aliphatic heterocycles. The summed E-state index contributed by atoms with van der Waals surface area (Å²) in [6, 6.07) is 10.3. The van der Waals surface area contributed by atoms with Gasteiger partial charge in [0.25, 0.3) is 0 Å². The van der Waals surface area contributed by atoms with Crippen LogP contribution in [-0.2, 0) is 0 Å². The van der Waals surface area contributed by atoms with Crippen LogP contribution in [0.3, 0.4) is 0 Å². The smallest absolute Gasteiger partial charge is 0.323 e. The lowest BCUT2D eigenvalue weighted by atomic mass is 10.2. The Balaban J connectivity index is 2.15. The largest absolute Gasteiger partial charge is 0.495 e. The molecule has 0 atom stereocenters. The van der Waals surface area contributed by atoms with Gasteiger partial charge in [-0.2, -0.15) is 0 Å². The van der Waals surface area contributed by atoms with E-state index in [-0.39, 0.29) is 6.03 Å². The van der Waals surface area contributed by atoms with Gasteiger partial charge in [-0.05, 0) is 19.1 Å². The van der Waals surface area contributed by atoms with Gasteiger partial charge in [0.05, 0.1) is 24.9 Å². The monoisotopic (exact) mass is 320 g/mol. The second-order valence-corrected chi connectivity index (χ2v) is 5.04. The number of rotatable bonds is 4. The van der Waals surface area contributed by atoms with Gasteiger partial charge in [-0.3, -0.25) is 0 Å². The molecule has 22 heavy (non-hydrogen) atoms. The number of ether oxygens (including phenoxy) is 2. The summed E-state index contributed by atoms with van der Waals surface area (Å²) in [6.07, 6.45) is 0. The highest BCUT2D eigenvalue weighted by Crippen LogP contribution is 2.35. The van der Waals surface area contributed by atoms with Crippen molar-refractivity contribution in [2.24, 2.45) is 0 Å². The zero-order valence-electron chi connectivity index (χ0n) is 12.6. The summed E-state index contributed by atoms with van der Waals surface area (Å²) in [5.74, 6) is 0.901. The first kappa shape index (κ1) is 16.0. The van der Waals surface area contributed by atoms with Gasteiger partial charge in [0, 0.05) is 17.8 Å². The average Bonchev–Trinajstić information content (AvgIpc) is 2.50. The van der Waals surface area contributed by atoms with E-state index in [0.717, 1.165) is 5.56 Å². The highest BCUT2D eigenvalue weighted by molar-refractivity contribution is 6.32. The number of anilines is 2. The molecule has 116 valence electrons. The van der Waals surface area contributed by atoms with Gasteiger partial charge in [0.15, 0.2) is 0 Å². The molecule has 0 spiro atoms. The van der Waals surface area contributed by atoms with Crippen LogP contribution in [0.5, 0.6) is 11.5 Å². The maximum atomic E-state index is 12.1. The van der Waals surface area contributed by atoms with Gasteiger partial charge < -0.3 is 20.1 Å². The Kier molecular flexibility index (Phi) is 5.12. The van der Waals surface area contributed by atoms with Crippen LogP contribution >= 0.6 is 11.6 Å². The summed E-state index contributed by atoms with van der Waals surface area (Å²) in [5.41, 5.74) is 2.28. The quantitative estimate of drug-likeness (QED) is 0.882. The molecular weight excluding hydrogens is 304 g/mol. The maximum absolute atomic E-state index is 12.1. The third kappa shape index (κ3) is 3.83. The number of hydrogen-bond acceptors (Lipinski definition) is 3. The maximum Gasteiger partial charge on any atom is 0.323 e. The van der Waals surface area contributed by atoms with Gasteiger partial charge in [0.1, 0.15) is 11.5 Å². The molecule has 2 rings (SSSR count). The molecule has 0 aliphatic carbocycles. The number of urea groups is 1. The minimum atomic E-state index is -0.383. The van der Waals surface area contributed by atoms with Gasteiger partial charge in [-0.1, -0.05) is 29.3 Å². The van der Waals surface area contributed by atoms with Gasteiger partial charge in [0.2, 0.25) is 0 Å².